The van der Waals surface area contributed by atoms with Gasteiger partial charge in [0.2, 0.25) is 0 Å². The maximum Gasteiger partial charge on any atom is 0.343 e. The number of rotatable bonds is 4. The van der Waals surface area contributed by atoms with Crippen molar-refractivity contribution >= 4 is 17.9 Å². The molecule has 8 nitrogen and oxygen atoms in total. The Bertz CT molecular complexity index is 809. The predicted molar refractivity (Wildman–Crippen MR) is 75.1 cm³/mol. The molecule has 8 heteroatoms. The Balaban J connectivity index is 2.32. The molecule has 0 aromatic heterocycles. The lowest BCUT2D eigenvalue weighted by atomic mass is 10.1. The second-order valence-corrected chi connectivity index (χ2v) is 4.48. The summed E-state index contributed by atoms with van der Waals surface area (Å²) in [4.78, 5) is 33.7. The Kier molecular flexibility index (Phi) is 4.17. The van der Waals surface area contributed by atoms with Crippen LogP contribution in [0.5, 0.6) is 17.2 Å². The topological polar surface area (TPSA) is 141 Å². The third kappa shape index (κ3) is 3.76. The van der Waals surface area contributed by atoms with Gasteiger partial charge in [-0.3, -0.25) is 0 Å². The van der Waals surface area contributed by atoms with Crippen molar-refractivity contribution in [1.29, 1.82) is 0 Å². The summed E-state index contributed by atoms with van der Waals surface area (Å²) < 4.78 is 4.90. The van der Waals surface area contributed by atoms with Gasteiger partial charge in [0.1, 0.15) is 17.2 Å². The fourth-order valence-electron chi connectivity index (χ4n) is 1.78. The summed E-state index contributed by atoms with van der Waals surface area (Å²) in [6.45, 7) is 0. The van der Waals surface area contributed by atoms with E-state index in [9.17, 15) is 24.6 Å². The van der Waals surface area contributed by atoms with Gasteiger partial charge in [0.25, 0.3) is 0 Å². The zero-order valence-corrected chi connectivity index (χ0v) is 11.4. The molecule has 0 spiro atoms. The summed E-state index contributed by atoms with van der Waals surface area (Å²) in [5.41, 5.74) is -0.864. The van der Waals surface area contributed by atoms with Gasteiger partial charge >= 0.3 is 17.9 Å². The third-order valence-corrected chi connectivity index (χ3v) is 2.75. The minimum atomic E-state index is -1.35. The smallest absolute Gasteiger partial charge is 0.343 e. The summed E-state index contributed by atoms with van der Waals surface area (Å²) in [6, 6.07) is 5.94. The molecule has 4 N–H and O–H groups in total. The van der Waals surface area contributed by atoms with Crippen LogP contribution in [0.25, 0.3) is 0 Å². The second kappa shape index (κ2) is 6.06. The molecular weight excluding hydrogens is 308 g/mol. The molecule has 0 saturated carbocycles. The fraction of sp³-hybridized carbons (Fsp3) is 0. The molecule has 118 valence electrons. The van der Waals surface area contributed by atoms with E-state index in [0.29, 0.717) is 0 Å². The average Bonchev–Trinajstić information content (AvgIpc) is 2.45. The summed E-state index contributed by atoms with van der Waals surface area (Å²) in [6.07, 6.45) is 0. The quantitative estimate of drug-likeness (QED) is 0.493. The molecule has 0 fully saturated rings. The van der Waals surface area contributed by atoms with Gasteiger partial charge in [-0.05, 0) is 30.3 Å². The molecule has 0 bridgehead atoms. The van der Waals surface area contributed by atoms with Crippen molar-refractivity contribution in [2.24, 2.45) is 0 Å². The van der Waals surface area contributed by atoms with Gasteiger partial charge in [-0.15, -0.1) is 0 Å². The van der Waals surface area contributed by atoms with Crippen LogP contribution < -0.4 is 4.74 Å². The van der Waals surface area contributed by atoms with Gasteiger partial charge in [-0.2, -0.15) is 0 Å². The van der Waals surface area contributed by atoms with Crippen molar-refractivity contribution in [3.63, 3.8) is 0 Å². The molecule has 0 aliphatic heterocycles. The maximum absolute atomic E-state index is 12.0. The van der Waals surface area contributed by atoms with Crippen LogP contribution in [0.15, 0.2) is 36.4 Å². The molecule has 0 aliphatic carbocycles. The van der Waals surface area contributed by atoms with E-state index in [4.69, 9.17) is 14.9 Å². The zero-order valence-electron chi connectivity index (χ0n) is 11.4. The SMILES string of the molecule is O=C(O)c1cc(O)cc(OC(=O)c2cc(O)cc(C(=O)O)c2)c1. The fourth-order valence-corrected chi connectivity index (χ4v) is 1.78. The van der Waals surface area contributed by atoms with Crippen LogP contribution in [0.1, 0.15) is 31.1 Å². The Hall–Kier alpha value is -3.55. The first kappa shape index (κ1) is 15.8. The van der Waals surface area contributed by atoms with Crippen molar-refractivity contribution in [1.82, 2.24) is 0 Å². The van der Waals surface area contributed by atoms with Crippen molar-refractivity contribution in [2.75, 3.05) is 0 Å². The highest BCUT2D eigenvalue weighted by molar-refractivity contribution is 5.96. The van der Waals surface area contributed by atoms with Crippen LogP contribution in [-0.2, 0) is 0 Å². The predicted octanol–water partition coefficient (Wildman–Crippen LogP) is 1.71. The number of hydrogen-bond donors (Lipinski definition) is 4. The van der Waals surface area contributed by atoms with Gasteiger partial charge in [-0.1, -0.05) is 0 Å². The van der Waals surface area contributed by atoms with Gasteiger partial charge in [0.05, 0.1) is 16.7 Å². The molecule has 2 aromatic rings. The molecule has 0 saturated heterocycles. The maximum atomic E-state index is 12.0. The first-order valence-electron chi connectivity index (χ1n) is 6.13. The van der Waals surface area contributed by atoms with Crippen LogP contribution in [0.2, 0.25) is 0 Å². The van der Waals surface area contributed by atoms with Gasteiger partial charge < -0.3 is 25.2 Å². The van der Waals surface area contributed by atoms with E-state index in [2.05, 4.69) is 0 Å². The molecule has 0 aliphatic rings. The van der Waals surface area contributed by atoms with Crippen LogP contribution in [-0.4, -0.2) is 38.3 Å². The summed E-state index contributed by atoms with van der Waals surface area (Å²) in [5, 5.41) is 36.6. The minimum Gasteiger partial charge on any atom is -0.508 e. The van der Waals surface area contributed by atoms with Crippen molar-refractivity contribution < 1.29 is 39.5 Å². The van der Waals surface area contributed by atoms with E-state index in [0.717, 1.165) is 36.4 Å². The molecule has 0 radical (unpaired) electrons. The molecule has 0 heterocycles. The Morgan fingerprint density at radius 1 is 0.696 bits per heavy atom. The van der Waals surface area contributed by atoms with Crippen molar-refractivity contribution in [3.05, 3.63) is 53.1 Å². The molecule has 2 rings (SSSR count). The summed E-state index contributed by atoms with van der Waals surface area (Å²) in [7, 11) is 0. The van der Waals surface area contributed by atoms with E-state index in [1.165, 1.54) is 0 Å². The highest BCUT2D eigenvalue weighted by Gasteiger charge is 2.16. The Morgan fingerprint density at radius 2 is 1.17 bits per heavy atom. The number of ether oxygens (including phenoxy) is 1. The van der Waals surface area contributed by atoms with Crippen LogP contribution in [0, 0.1) is 0 Å². The number of benzene rings is 2. The Morgan fingerprint density at radius 3 is 1.74 bits per heavy atom. The Labute approximate surface area is 128 Å². The highest BCUT2D eigenvalue weighted by Crippen LogP contribution is 2.24. The zero-order chi connectivity index (χ0) is 17.1. The second-order valence-electron chi connectivity index (χ2n) is 4.48. The number of esters is 1. The van der Waals surface area contributed by atoms with Crippen LogP contribution in [0.4, 0.5) is 0 Å². The number of aromatic carboxylic acids is 2. The van der Waals surface area contributed by atoms with Crippen LogP contribution in [0.3, 0.4) is 0 Å². The number of aromatic hydroxyl groups is 2. The lowest BCUT2D eigenvalue weighted by molar-refractivity contribution is 0.0681. The number of phenolic OH excluding ortho intramolecular Hbond substituents is 2. The number of carbonyl (C=O) groups is 3. The van der Waals surface area contributed by atoms with Gasteiger partial charge in [0, 0.05) is 6.07 Å². The monoisotopic (exact) mass is 318 g/mol. The third-order valence-electron chi connectivity index (χ3n) is 2.75. The van der Waals surface area contributed by atoms with E-state index < -0.39 is 29.4 Å². The first-order chi connectivity index (χ1) is 10.8. The lowest BCUT2D eigenvalue weighted by Crippen LogP contribution is -2.10. The van der Waals surface area contributed by atoms with Crippen molar-refractivity contribution in [2.45, 2.75) is 0 Å². The average molecular weight is 318 g/mol. The van der Waals surface area contributed by atoms with Crippen LogP contribution >= 0.6 is 0 Å². The van der Waals surface area contributed by atoms with Crippen molar-refractivity contribution in [3.8, 4) is 17.2 Å². The number of carboxylic acids is 2. The molecule has 0 atom stereocenters. The summed E-state index contributed by atoms with van der Waals surface area (Å²) >= 11 is 0. The largest absolute Gasteiger partial charge is 0.508 e. The van der Waals surface area contributed by atoms with Gasteiger partial charge in [0.15, 0.2) is 0 Å². The van der Waals surface area contributed by atoms with E-state index in [1.807, 2.05) is 0 Å². The number of carboxylic acid groups (broad SMARTS) is 2. The molecule has 23 heavy (non-hydrogen) atoms. The number of hydrogen-bond acceptors (Lipinski definition) is 6. The lowest BCUT2D eigenvalue weighted by Gasteiger charge is -2.07. The highest BCUT2D eigenvalue weighted by atomic mass is 16.5. The minimum absolute atomic E-state index is 0.243. The molecule has 0 amide bonds. The van der Waals surface area contributed by atoms with E-state index in [1.54, 1.807) is 0 Å². The molecule has 2 aromatic carbocycles. The number of carbonyl (C=O) groups excluding carboxylic acids is 1. The normalized spacial score (nSPS) is 10.1. The molecule has 0 unspecified atom stereocenters. The van der Waals surface area contributed by atoms with E-state index >= 15 is 0 Å². The summed E-state index contributed by atoms with van der Waals surface area (Å²) in [5.74, 6) is -4.81. The first-order valence-corrected chi connectivity index (χ1v) is 6.13. The van der Waals surface area contributed by atoms with E-state index in [-0.39, 0.29) is 22.4 Å². The standard InChI is InChI=1S/C15H10O8/c16-10-2-7(13(18)19)1-9(4-10)15(22)23-12-5-8(14(20)21)3-11(17)6-12/h1-6,16-17H,(H,18,19)(H,20,21). The molecular formula is C15H10O8. The number of phenols is 2. The van der Waals surface area contributed by atoms with Gasteiger partial charge in [-0.25, -0.2) is 14.4 Å².